The zero-order valence-corrected chi connectivity index (χ0v) is 12.4. The number of aromatic nitrogens is 5. The number of fused-ring (bicyclic) bond motifs is 1. The first kappa shape index (κ1) is 13.7. The van der Waals surface area contributed by atoms with Crippen LogP contribution in [0.4, 0.5) is 0 Å². The summed E-state index contributed by atoms with van der Waals surface area (Å²) in [7, 11) is 0. The van der Waals surface area contributed by atoms with Crippen LogP contribution in [0.5, 0.6) is 0 Å². The van der Waals surface area contributed by atoms with Crippen molar-refractivity contribution in [3.8, 4) is 0 Å². The number of carbonyl (C=O) groups excluding carboxylic acids is 1. The number of nitrogens with zero attached hydrogens (tertiary/aromatic N) is 6. The van der Waals surface area contributed by atoms with Gasteiger partial charge in [-0.15, -0.1) is 0 Å². The Balaban J connectivity index is 1.74. The number of rotatable bonds is 2. The molecule has 0 N–H and O–H groups in total. The van der Waals surface area contributed by atoms with Gasteiger partial charge in [-0.2, -0.15) is 5.10 Å². The molecule has 0 fully saturated rings. The van der Waals surface area contributed by atoms with Crippen LogP contribution in [0.2, 0.25) is 0 Å². The third-order valence-electron chi connectivity index (χ3n) is 3.44. The second-order valence-corrected chi connectivity index (χ2v) is 6.26. The molecule has 1 aliphatic heterocycles. The zero-order valence-electron chi connectivity index (χ0n) is 12.4. The Labute approximate surface area is 123 Å². The molecule has 0 unspecified atom stereocenters. The van der Waals surface area contributed by atoms with Crippen LogP contribution < -0.4 is 0 Å². The zero-order chi connectivity index (χ0) is 15.0. The summed E-state index contributed by atoms with van der Waals surface area (Å²) in [5.74, 6) is 0.822. The molecular weight excluding hydrogens is 268 g/mol. The normalized spacial score (nSPS) is 14.3. The van der Waals surface area contributed by atoms with Gasteiger partial charge in [0.15, 0.2) is 0 Å². The van der Waals surface area contributed by atoms with Gasteiger partial charge < -0.3 is 4.90 Å². The van der Waals surface area contributed by atoms with E-state index in [0.29, 0.717) is 13.1 Å². The molecule has 3 rings (SSSR count). The highest BCUT2D eigenvalue weighted by Crippen LogP contribution is 2.24. The topological polar surface area (TPSA) is 76.8 Å². The summed E-state index contributed by atoms with van der Waals surface area (Å²) in [5, 5.41) is 3.95. The highest BCUT2D eigenvalue weighted by molar-refractivity contribution is 5.76. The summed E-state index contributed by atoms with van der Waals surface area (Å²) >= 11 is 0. The van der Waals surface area contributed by atoms with Gasteiger partial charge in [0.1, 0.15) is 25.0 Å². The van der Waals surface area contributed by atoms with Crippen LogP contribution in [0.25, 0.3) is 0 Å². The van der Waals surface area contributed by atoms with Gasteiger partial charge in [0.05, 0.1) is 12.2 Å². The summed E-state index contributed by atoms with van der Waals surface area (Å²) in [5.41, 5.74) is 1.88. The number of hydrogen-bond donors (Lipinski definition) is 0. The molecule has 7 nitrogen and oxygen atoms in total. The number of amides is 1. The molecule has 3 heterocycles. The fourth-order valence-corrected chi connectivity index (χ4v) is 2.24. The van der Waals surface area contributed by atoms with Crippen LogP contribution >= 0.6 is 0 Å². The molecule has 110 valence electrons. The maximum absolute atomic E-state index is 12.3. The first-order valence-corrected chi connectivity index (χ1v) is 6.89. The fourth-order valence-electron chi connectivity index (χ4n) is 2.24. The summed E-state index contributed by atoms with van der Waals surface area (Å²) < 4.78 is 1.53. The minimum Gasteiger partial charge on any atom is -0.331 e. The molecule has 0 saturated heterocycles. The Morgan fingerprint density at radius 2 is 2.14 bits per heavy atom. The molecule has 1 aliphatic rings. The lowest BCUT2D eigenvalue weighted by Crippen LogP contribution is -2.29. The van der Waals surface area contributed by atoms with E-state index in [4.69, 9.17) is 0 Å². The quantitative estimate of drug-likeness (QED) is 0.820. The maximum atomic E-state index is 12.3. The molecule has 2 aromatic heterocycles. The van der Waals surface area contributed by atoms with E-state index in [2.05, 4.69) is 40.8 Å². The predicted octanol–water partition coefficient (Wildman–Crippen LogP) is 0.908. The van der Waals surface area contributed by atoms with E-state index in [1.54, 1.807) is 11.2 Å². The van der Waals surface area contributed by atoms with E-state index in [1.165, 1.54) is 11.0 Å². The Morgan fingerprint density at radius 3 is 2.81 bits per heavy atom. The van der Waals surface area contributed by atoms with Crippen molar-refractivity contribution in [3.05, 3.63) is 35.9 Å². The minimum atomic E-state index is -0.0901. The third-order valence-corrected chi connectivity index (χ3v) is 3.44. The van der Waals surface area contributed by atoms with Crippen molar-refractivity contribution >= 4 is 5.91 Å². The lowest BCUT2D eigenvalue weighted by molar-refractivity contribution is -0.132. The van der Waals surface area contributed by atoms with Crippen molar-refractivity contribution in [3.63, 3.8) is 0 Å². The van der Waals surface area contributed by atoms with Crippen LogP contribution in [-0.4, -0.2) is 35.5 Å². The van der Waals surface area contributed by atoms with Crippen LogP contribution in [0.1, 0.15) is 37.9 Å². The summed E-state index contributed by atoms with van der Waals surface area (Å²) in [6, 6.07) is 0. The van der Waals surface area contributed by atoms with Crippen molar-refractivity contribution in [2.24, 2.45) is 0 Å². The highest BCUT2D eigenvalue weighted by atomic mass is 16.2. The van der Waals surface area contributed by atoms with Gasteiger partial charge in [0.2, 0.25) is 5.91 Å². The Hall–Kier alpha value is -2.31. The number of hydrogen-bond acceptors (Lipinski definition) is 5. The van der Waals surface area contributed by atoms with Gasteiger partial charge in [-0.05, 0) is 0 Å². The SMILES string of the molecule is CC(C)(C)c1ncc2c(n1)CN(C(=O)Cn1cncn1)C2. The molecule has 0 aliphatic carbocycles. The smallest absolute Gasteiger partial charge is 0.245 e. The van der Waals surface area contributed by atoms with Crippen LogP contribution in [0, 0.1) is 0 Å². The Bertz CT molecular complexity index is 659. The molecule has 21 heavy (non-hydrogen) atoms. The molecule has 7 heteroatoms. The first-order valence-electron chi connectivity index (χ1n) is 6.89. The summed E-state index contributed by atoms with van der Waals surface area (Å²) in [6.07, 6.45) is 4.80. The van der Waals surface area contributed by atoms with Crippen molar-refractivity contribution in [1.82, 2.24) is 29.6 Å². The second-order valence-electron chi connectivity index (χ2n) is 6.26. The first-order chi connectivity index (χ1) is 9.93. The largest absolute Gasteiger partial charge is 0.331 e. The lowest BCUT2D eigenvalue weighted by Gasteiger charge is -2.16. The Kier molecular flexibility index (Phi) is 3.19. The van der Waals surface area contributed by atoms with Gasteiger partial charge in [-0.3, -0.25) is 4.79 Å². The van der Waals surface area contributed by atoms with Crippen molar-refractivity contribution < 1.29 is 4.79 Å². The number of carbonyl (C=O) groups is 1. The Morgan fingerprint density at radius 1 is 1.33 bits per heavy atom. The molecule has 1 amide bonds. The van der Waals surface area contributed by atoms with Gasteiger partial charge in [-0.1, -0.05) is 20.8 Å². The minimum absolute atomic E-state index is 0.0100. The average Bonchev–Trinajstić information content (AvgIpc) is 3.04. The van der Waals surface area contributed by atoms with Gasteiger partial charge in [0, 0.05) is 23.7 Å². The van der Waals surface area contributed by atoms with E-state index in [1.807, 2.05) is 6.20 Å². The summed E-state index contributed by atoms with van der Waals surface area (Å²) in [6.45, 7) is 7.54. The van der Waals surface area contributed by atoms with Gasteiger partial charge >= 0.3 is 0 Å². The van der Waals surface area contributed by atoms with Crippen LogP contribution in [0.3, 0.4) is 0 Å². The monoisotopic (exact) mass is 286 g/mol. The van der Waals surface area contributed by atoms with E-state index < -0.39 is 0 Å². The molecular formula is C14H18N6O. The third kappa shape index (κ3) is 2.76. The van der Waals surface area contributed by atoms with E-state index in [0.717, 1.165) is 17.1 Å². The van der Waals surface area contributed by atoms with Gasteiger partial charge in [-0.25, -0.2) is 19.6 Å². The molecule has 2 aromatic rings. The van der Waals surface area contributed by atoms with Crippen molar-refractivity contribution in [2.75, 3.05) is 0 Å². The van der Waals surface area contributed by atoms with E-state index in [9.17, 15) is 4.79 Å². The molecule has 0 spiro atoms. The lowest BCUT2D eigenvalue weighted by atomic mass is 9.95. The van der Waals surface area contributed by atoms with Crippen molar-refractivity contribution in [1.29, 1.82) is 0 Å². The standard InChI is InChI=1S/C14H18N6O/c1-14(2,3)13-16-4-10-5-19(6-11(10)18-13)12(21)7-20-9-15-8-17-20/h4,8-9H,5-7H2,1-3H3. The summed E-state index contributed by atoms with van der Waals surface area (Å²) in [4.78, 5) is 26.9. The molecule has 0 saturated carbocycles. The van der Waals surface area contributed by atoms with Gasteiger partial charge in [0.25, 0.3) is 0 Å². The fraction of sp³-hybridized carbons (Fsp3) is 0.500. The molecule has 0 aromatic carbocycles. The molecule has 0 atom stereocenters. The van der Waals surface area contributed by atoms with Crippen molar-refractivity contribution in [2.45, 2.75) is 45.8 Å². The van der Waals surface area contributed by atoms with Crippen LogP contribution in [0.15, 0.2) is 18.9 Å². The average molecular weight is 286 g/mol. The molecule has 0 radical (unpaired) electrons. The van der Waals surface area contributed by atoms with E-state index in [-0.39, 0.29) is 17.9 Å². The second kappa shape index (κ2) is 4.91. The van der Waals surface area contributed by atoms with Crippen LogP contribution in [-0.2, 0) is 29.8 Å². The maximum Gasteiger partial charge on any atom is 0.245 e. The predicted molar refractivity (Wildman–Crippen MR) is 75.0 cm³/mol. The molecule has 0 bridgehead atoms. The van der Waals surface area contributed by atoms with E-state index >= 15 is 0 Å². The highest BCUT2D eigenvalue weighted by Gasteiger charge is 2.27.